The molecule has 0 bridgehead atoms. The summed E-state index contributed by atoms with van der Waals surface area (Å²) in [6.07, 6.45) is 1.51. The van der Waals surface area contributed by atoms with Gasteiger partial charge in [-0.3, -0.25) is 19.3 Å². The Morgan fingerprint density at radius 2 is 1.73 bits per heavy atom. The zero-order valence-corrected chi connectivity index (χ0v) is 23.3. The molecule has 0 spiro atoms. The monoisotopic (exact) mass is 550 g/mol. The van der Waals surface area contributed by atoms with Crippen LogP contribution < -0.4 is 4.74 Å². The molecule has 1 N–H and O–H groups in total. The highest BCUT2D eigenvalue weighted by atomic mass is 19.1. The van der Waals surface area contributed by atoms with Crippen LogP contribution in [0, 0.1) is 5.82 Å². The van der Waals surface area contributed by atoms with Crippen molar-refractivity contribution in [1.29, 1.82) is 0 Å². The van der Waals surface area contributed by atoms with Crippen LogP contribution in [0.5, 0.6) is 5.75 Å². The molecule has 10 heteroatoms. The molecule has 2 aromatic carbocycles. The van der Waals surface area contributed by atoms with Gasteiger partial charge in [-0.25, -0.2) is 4.39 Å². The van der Waals surface area contributed by atoms with Crippen LogP contribution in [0.1, 0.15) is 53.1 Å². The molecule has 2 aliphatic heterocycles. The number of carbonyl (C=O) groups excluding carboxylic acids is 3. The van der Waals surface area contributed by atoms with Crippen LogP contribution >= 0.6 is 0 Å². The summed E-state index contributed by atoms with van der Waals surface area (Å²) in [4.78, 5) is 48.7. The Labute approximate surface area is 232 Å². The number of benzene rings is 2. The van der Waals surface area contributed by atoms with Crippen molar-refractivity contribution in [3.8, 4) is 5.75 Å². The summed E-state index contributed by atoms with van der Waals surface area (Å²) in [7, 11) is 1.50. The summed E-state index contributed by atoms with van der Waals surface area (Å²) in [5.74, 6) is -1.29. The minimum atomic E-state index is -0.623. The highest BCUT2D eigenvalue weighted by molar-refractivity contribution is 6.45. The van der Waals surface area contributed by atoms with E-state index in [2.05, 4.69) is 23.7 Å². The molecule has 3 atom stereocenters. The Morgan fingerprint density at radius 3 is 2.40 bits per heavy atom. The highest BCUT2D eigenvalue weighted by Gasteiger charge is 2.36. The lowest BCUT2D eigenvalue weighted by atomic mass is 9.99. The van der Waals surface area contributed by atoms with E-state index in [4.69, 9.17) is 9.47 Å². The van der Waals surface area contributed by atoms with Gasteiger partial charge in [-0.05, 0) is 44.5 Å². The lowest BCUT2D eigenvalue weighted by Crippen LogP contribution is -2.58. The fourth-order valence-corrected chi connectivity index (χ4v) is 5.76. The number of hydrogen-bond acceptors (Lipinski definition) is 6. The van der Waals surface area contributed by atoms with E-state index in [1.54, 1.807) is 24.3 Å². The van der Waals surface area contributed by atoms with E-state index in [1.165, 1.54) is 30.3 Å². The molecule has 3 unspecified atom stereocenters. The molecule has 40 heavy (non-hydrogen) atoms. The number of hydrogen-bond donors (Lipinski definition) is 1. The first kappa shape index (κ1) is 27.8. The van der Waals surface area contributed by atoms with Crippen LogP contribution in [0.25, 0.3) is 10.9 Å². The van der Waals surface area contributed by atoms with Crippen LogP contribution in [0.2, 0.25) is 0 Å². The molecular weight excluding hydrogens is 515 g/mol. The Kier molecular flexibility index (Phi) is 7.91. The summed E-state index contributed by atoms with van der Waals surface area (Å²) >= 11 is 0. The van der Waals surface area contributed by atoms with Gasteiger partial charge in [0.05, 0.1) is 31.5 Å². The molecular formula is C30H35FN4O5. The standard InChI is InChI=1S/C30H35FN4O5/c1-18-17-35(19(2)16-34(18)20(3)21-5-7-22(31)8-6-21)29(37)24-13-23-25(15-32-26(23)14-27(24)39-4)28(36)30(38)33-9-11-40-12-10-33/h5-8,13-15,18-20,32H,9-12,16-17H2,1-4H3. The van der Waals surface area contributed by atoms with Gasteiger partial charge in [0.1, 0.15) is 11.6 Å². The molecule has 9 nitrogen and oxygen atoms in total. The molecule has 3 heterocycles. The van der Waals surface area contributed by atoms with Crippen molar-refractivity contribution in [3.05, 3.63) is 65.1 Å². The van der Waals surface area contributed by atoms with E-state index in [0.29, 0.717) is 61.6 Å². The second-order valence-corrected chi connectivity index (χ2v) is 10.6. The zero-order chi connectivity index (χ0) is 28.6. The second kappa shape index (κ2) is 11.4. The number of Topliss-reactive ketones (excluding diaryl/α,β-unsaturated/α-hetero) is 1. The fourth-order valence-electron chi connectivity index (χ4n) is 5.76. The Bertz CT molecular complexity index is 1420. The molecule has 5 rings (SSSR count). The molecule has 212 valence electrons. The Morgan fingerprint density at radius 1 is 1.02 bits per heavy atom. The second-order valence-electron chi connectivity index (χ2n) is 10.6. The molecule has 2 amide bonds. The molecule has 3 aromatic rings. The van der Waals surface area contributed by atoms with Gasteiger partial charge < -0.3 is 24.3 Å². The number of amides is 2. The number of carbonyl (C=O) groups is 3. The number of nitrogens with one attached hydrogen (secondary N) is 1. The zero-order valence-electron chi connectivity index (χ0n) is 23.3. The maximum atomic E-state index is 13.9. The summed E-state index contributed by atoms with van der Waals surface area (Å²) in [5, 5.41) is 0.500. The van der Waals surface area contributed by atoms with Crippen molar-refractivity contribution < 1.29 is 28.2 Å². The van der Waals surface area contributed by atoms with Crippen LogP contribution in [0.3, 0.4) is 0 Å². The molecule has 2 aliphatic rings. The molecule has 1 aromatic heterocycles. The van der Waals surface area contributed by atoms with Crippen LogP contribution in [-0.2, 0) is 9.53 Å². The number of nitrogens with zero attached hydrogens (tertiary/aromatic N) is 3. The van der Waals surface area contributed by atoms with E-state index in [1.807, 2.05) is 11.8 Å². The number of halogens is 1. The number of piperazine rings is 1. The van der Waals surface area contributed by atoms with Crippen LogP contribution in [-0.4, -0.2) is 95.9 Å². The SMILES string of the molecule is COc1cc2[nH]cc(C(=O)C(=O)N3CCOCC3)c2cc1C(=O)N1CC(C)N(C(C)c2ccc(F)cc2)CC1C. The topological polar surface area (TPSA) is 95.2 Å². The molecule has 0 radical (unpaired) electrons. The van der Waals surface area contributed by atoms with Gasteiger partial charge in [0, 0.05) is 67.5 Å². The highest BCUT2D eigenvalue weighted by Crippen LogP contribution is 2.32. The third-order valence-electron chi connectivity index (χ3n) is 8.11. The maximum absolute atomic E-state index is 13.9. The first-order valence-electron chi connectivity index (χ1n) is 13.6. The van der Waals surface area contributed by atoms with Crippen molar-refractivity contribution >= 4 is 28.5 Å². The summed E-state index contributed by atoms with van der Waals surface area (Å²) < 4.78 is 24.3. The van der Waals surface area contributed by atoms with Gasteiger partial charge >= 0.3 is 0 Å². The largest absolute Gasteiger partial charge is 0.496 e. The number of fused-ring (bicyclic) bond motifs is 1. The summed E-state index contributed by atoms with van der Waals surface area (Å²) in [6, 6.07) is 9.87. The van der Waals surface area contributed by atoms with Gasteiger partial charge in [-0.15, -0.1) is 0 Å². The maximum Gasteiger partial charge on any atom is 0.295 e. The van der Waals surface area contributed by atoms with Crippen molar-refractivity contribution in [2.75, 3.05) is 46.5 Å². The van der Waals surface area contributed by atoms with Gasteiger partial charge in [0.15, 0.2) is 0 Å². The first-order chi connectivity index (χ1) is 19.2. The van der Waals surface area contributed by atoms with Crippen molar-refractivity contribution in [1.82, 2.24) is 19.7 Å². The number of H-pyrrole nitrogens is 1. The van der Waals surface area contributed by atoms with Gasteiger partial charge in [-0.2, -0.15) is 0 Å². The van der Waals surface area contributed by atoms with Gasteiger partial charge in [-0.1, -0.05) is 12.1 Å². The molecule has 2 fully saturated rings. The third-order valence-corrected chi connectivity index (χ3v) is 8.11. The van der Waals surface area contributed by atoms with Gasteiger partial charge in [0.2, 0.25) is 0 Å². The summed E-state index contributed by atoms with van der Waals surface area (Å²) in [5.41, 5.74) is 2.18. The molecule has 2 saturated heterocycles. The van der Waals surface area contributed by atoms with E-state index >= 15 is 0 Å². The lowest BCUT2D eigenvalue weighted by molar-refractivity contribution is -0.130. The van der Waals surface area contributed by atoms with E-state index in [0.717, 1.165) is 5.56 Å². The number of morpholine rings is 1. The van der Waals surface area contributed by atoms with Crippen LogP contribution in [0.4, 0.5) is 4.39 Å². The number of ketones is 1. The fraction of sp³-hybridized carbons (Fsp3) is 0.433. The van der Waals surface area contributed by atoms with E-state index in [-0.39, 0.29) is 35.4 Å². The number of aromatic nitrogens is 1. The van der Waals surface area contributed by atoms with Crippen molar-refractivity contribution in [2.24, 2.45) is 0 Å². The van der Waals surface area contributed by atoms with Crippen molar-refractivity contribution in [3.63, 3.8) is 0 Å². The molecule has 0 aliphatic carbocycles. The van der Waals surface area contributed by atoms with Gasteiger partial charge in [0.25, 0.3) is 17.6 Å². The summed E-state index contributed by atoms with van der Waals surface area (Å²) in [6.45, 7) is 8.83. The van der Waals surface area contributed by atoms with E-state index < -0.39 is 11.7 Å². The average Bonchev–Trinajstić information content (AvgIpc) is 3.39. The Hall–Kier alpha value is -3.76. The predicted molar refractivity (Wildman–Crippen MR) is 148 cm³/mol. The normalized spacial score (nSPS) is 20.9. The third kappa shape index (κ3) is 5.21. The van der Waals surface area contributed by atoms with Crippen molar-refractivity contribution in [2.45, 2.75) is 38.9 Å². The number of aromatic amines is 1. The number of ether oxygens (including phenoxy) is 2. The van der Waals surface area contributed by atoms with E-state index in [9.17, 15) is 18.8 Å². The lowest BCUT2D eigenvalue weighted by Gasteiger charge is -2.46. The minimum absolute atomic E-state index is 0.0467. The number of rotatable bonds is 6. The minimum Gasteiger partial charge on any atom is -0.496 e. The Balaban J connectivity index is 1.39. The molecule has 0 saturated carbocycles. The number of methoxy groups -OCH3 is 1. The predicted octanol–water partition coefficient (Wildman–Crippen LogP) is 3.65. The quantitative estimate of drug-likeness (QED) is 0.372. The van der Waals surface area contributed by atoms with Crippen LogP contribution in [0.15, 0.2) is 42.6 Å². The average molecular weight is 551 g/mol. The first-order valence-corrected chi connectivity index (χ1v) is 13.6. The smallest absolute Gasteiger partial charge is 0.295 e.